The van der Waals surface area contributed by atoms with Crippen LogP contribution in [0.15, 0.2) is 0 Å². The maximum absolute atomic E-state index is 9.70. The number of nitriles is 1. The second-order valence-corrected chi connectivity index (χ2v) is 7.57. The number of rotatable bonds is 8. The number of hydrogen-bond donors (Lipinski definition) is 1. The Balaban J connectivity index is 2.05. The standard InChI is InChI=1S/C18H33N3/c1-5-16(6-2)21(12-14(3)4)17-9-10-18(11-17,13-19)20-15-7-8-15/h14-17,20H,5-12H2,1-4H3. The van der Waals surface area contributed by atoms with Crippen LogP contribution in [0.5, 0.6) is 0 Å². The van der Waals surface area contributed by atoms with Crippen molar-refractivity contribution in [3.8, 4) is 6.07 Å². The molecule has 0 aromatic rings. The average Bonchev–Trinajstić information content (AvgIpc) is 3.16. The van der Waals surface area contributed by atoms with Gasteiger partial charge in [-0.2, -0.15) is 5.26 Å². The van der Waals surface area contributed by atoms with E-state index in [0.29, 0.717) is 24.0 Å². The predicted molar refractivity (Wildman–Crippen MR) is 88.1 cm³/mol. The Labute approximate surface area is 131 Å². The molecule has 0 saturated heterocycles. The van der Waals surface area contributed by atoms with Crippen LogP contribution < -0.4 is 5.32 Å². The summed E-state index contributed by atoms with van der Waals surface area (Å²) >= 11 is 0. The molecule has 2 atom stereocenters. The second kappa shape index (κ2) is 7.11. The van der Waals surface area contributed by atoms with E-state index >= 15 is 0 Å². The summed E-state index contributed by atoms with van der Waals surface area (Å²) in [6.07, 6.45) is 8.18. The van der Waals surface area contributed by atoms with Crippen molar-refractivity contribution in [2.75, 3.05) is 6.54 Å². The van der Waals surface area contributed by atoms with E-state index in [4.69, 9.17) is 0 Å². The highest BCUT2D eigenvalue weighted by molar-refractivity contribution is 5.15. The fourth-order valence-electron chi connectivity index (χ4n) is 3.96. The molecular weight excluding hydrogens is 258 g/mol. The van der Waals surface area contributed by atoms with Crippen molar-refractivity contribution in [2.45, 2.75) is 96.3 Å². The first-order chi connectivity index (χ1) is 10.0. The Morgan fingerprint density at radius 1 is 1.24 bits per heavy atom. The van der Waals surface area contributed by atoms with Crippen LogP contribution in [0.1, 0.15) is 72.6 Å². The lowest BCUT2D eigenvalue weighted by atomic mass is 9.97. The predicted octanol–water partition coefficient (Wildman–Crippen LogP) is 3.70. The lowest BCUT2D eigenvalue weighted by Gasteiger charge is -2.37. The highest BCUT2D eigenvalue weighted by Crippen LogP contribution is 2.37. The van der Waals surface area contributed by atoms with Gasteiger partial charge in [0.25, 0.3) is 0 Å². The quantitative estimate of drug-likeness (QED) is 0.741. The van der Waals surface area contributed by atoms with Gasteiger partial charge in [0.15, 0.2) is 0 Å². The topological polar surface area (TPSA) is 39.1 Å². The summed E-state index contributed by atoms with van der Waals surface area (Å²) in [6.45, 7) is 10.4. The normalized spacial score (nSPS) is 29.5. The third-order valence-corrected chi connectivity index (χ3v) is 5.22. The minimum absolute atomic E-state index is 0.243. The highest BCUT2D eigenvalue weighted by atomic mass is 15.2. The largest absolute Gasteiger partial charge is 0.297 e. The third-order valence-electron chi connectivity index (χ3n) is 5.22. The summed E-state index contributed by atoms with van der Waals surface area (Å²) < 4.78 is 0. The van der Waals surface area contributed by atoms with E-state index in [-0.39, 0.29) is 5.54 Å². The van der Waals surface area contributed by atoms with Crippen molar-refractivity contribution >= 4 is 0 Å². The van der Waals surface area contributed by atoms with E-state index < -0.39 is 0 Å². The summed E-state index contributed by atoms with van der Waals surface area (Å²) in [6, 6.07) is 4.50. The van der Waals surface area contributed by atoms with Gasteiger partial charge >= 0.3 is 0 Å². The van der Waals surface area contributed by atoms with Crippen molar-refractivity contribution in [1.82, 2.24) is 10.2 Å². The number of hydrogen-bond acceptors (Lipinski definition) is 3. The molecular formula is C18H33N3. The Kier molecular flexibility index (Phi) is 5.68. The SMILES string of the molecule is CCC(CC)N(CC(C)C)C1CCC(C#N)(NC2CC2)C1. The summed E-state index contributed by atoms with van der Waals surface area (Å²) in [7, 11) is 0. The van der Waals surface area contributed by atoms with Gasteiger partial charge < -0.3 is 0 Å². The Bertz CT molecular complexity index is 365. The van der Waals surface area contributed by atoms with Crippen molar-refractivity contribution < 1.29 is 0 Å². The van der Waals surface area contributed by atoms with E-state index in [1.165, 1.54) is 38.6 Å². The van der Waals surface area contributed by atoms with Crippen LogP contribution in [0.3, 0.4) is 0 Å². The van der Waals surface area contributed by atoms with Gasteiger partial charge in [-0.15, -0.1) is 0 Å². The molecule has 0 amide bonds. The molecule has 3 nitrogen and oxygen atoms in total. The molecule has 3 heteroatoms. The zero-order valence-corrected chi connectivity index (χ0v) is 14.4. The smallest absolute Gasteiger partial charge is 0.108 e. The molecule has 0 spiro atoms. The highest BCUT2D eigenvalue weighted by Gasteiger charge is 2.45. The summed E-state index contributed by atoms with van der Waals surface area (Å²) in [4.78, 5) is 2.72. The van der Waals surface area contributed by atoms with Gasteiger partial charge in [0.05, 0.1) is 6.07 Å². The van der Waals surface area contributed by atoms with Crippen LogP contribution in [0, 0.1) is 17.2 Å². The van der Waals surface area contributed by atoms with Crippen molar-refractivity contribution in [3.63, 3.8) is 0 Å². The molecule has 0 radical (unpaired) electrons. The molecule has 2 fully saturated rings. The molecule has 0 aromatic carbocycles. The molecule has 0 heterocycles. The van der Waals surface area contributed by atoms with Gasteiger partial charge in [-0.05, 0) is 50.9 Å². The van der Waals surface area contributed by atoms with Gasteiger partial charge in [0, 0.05) is 24.7 Å². The van der Waals surface area contributed by atoms with E-state index in [2.05, 4.69) is 44.0 Å². The van der Waals surface area contributed by atoms with Crippen molar-refractivity contribution in [1.29, 1.82) is 5.26 Å². The number of nitrogens with one attached hydrogen (secondary N) is 1. The van der Waals surface area contributed by atoms with Crippen LogP contribution in [-0.4, -0.2) is 35.1 Å². The molecule has 1 N–H and O–H groups in total. The van der Waals surface area contributed by atoms with Crippen LogP contribution in [-0.2, 0) is 0 Å². The molecule has 120 valence electrons. The van der Waals surface area contributed by atoms with E-state index in [9.17, 15) is 5.26 Å². The van der Waals surface area contributed by atoms with Gasteiger partial charge in [-0.1, -0.05) is 27.7 Å². The van der Waals surface area contributed by atoms with E-state index in [0.717, 1.165) is 12.8 Å². The lowest BCUT2D eigenvalue weighted by Crippen LogP contribution is -2.48. The monoisotopic (exact) mass is 291 g/mol. The molecule has 0 bridgehead atoms. The van der Waals surface area contributed by atoms with E-state index in [1.54, 1.807) is 0 Å². The molecule has 2 rings (SSSR count). The minimum atomic E-state index is -0.243. The molecule has 0 aromatic heterocycles. The second-order valence-electron chi connectivity index (χ2n) is 7.57. The fraction of sp³-hybridized carbons (Fsp3) is 0.944. The maximum Gasteiger partial charge on any atom is 0.108 e. The lowest BCUT2D eigenvalue weighted by molar-refractivity contribution is 0.108. The third kappa shape index (κ3) is 4.20. The van der Waals surface area contributed by atoms with Gasteiger partial charge in [-0.3, -0.25) is 10.2 Å². The number of nitrogens with zero attached hydrogens (tertiary/aromatic N) is 2. The summed E-state index contributed by atoms with van der Waals surface area (Å²) in [5, 5.41) is 13.3. The molecule has 2 aliphatic carbocycles. The Morgan fingerprint density at radius 2 is 1.90 bits per heavy atom. The first-order valence-electron chi connectivity index (χ1n) is 8.98. The van der Waals surface area contributed by atoms with Crippen LogP contribution >= 0.6 is 0 Å². The van der Waals surface area contributed by atoms with Crippen molar-refractivity contribution in [3.05, 3.63) is 0 Å². The van der Waals surface area contributed by atoms with Gasteiger partial charge in [0.1, 0.15) is 5.54 Å². The molecule has 2 aliphatic rings. The zero-order valence-electron chi connectivity index (χ0n) is 14.4. The van der Waals surface area contributed by atoms with E-state index in [1.807, 2.05) is 0 Å². The first kappa shape index (κ1) is 16.8. The molecule has 2 unspecified atom stereocenters. The van der Waals surface area contributed by atoms with Gasteiger partial charge in [-0.25, -0.2) is 0 Å². The van der Waals surface area contributed by atoms with Crippen LogP contribution in [0.2, 0.25) is 0 Å². The first-order valence-corrected chi connectivity index (χ1v) is 8.98. The van der Waals surface area contributed by atoms with Gasteiger partial charge in [0.2, 0.25) is 0 Å². The van der Waals surface area contributed by atoms with Crippen LogP contribution in [0.25, 0.3) is 0 Å². The zero-order chi connectivity index (χ0) is 15.5. The summed E-state index contributed by atoms with van der Waals surface area (Å²) in [5.41, 5.74) is -0.243. The Morgan fingerprint density at radius 3 is 2.38 bits per heavy atom. The molecule has 21 heavy (non-hydrogen) atoms. The summed E-state index contributed by atoms with van der Waals surface area (Å²) in [5.74, 6) is 0.694. The fourth-order valence-corrected chi connectivity index (χ4v) is 3.96. The molecule has 0 aliphatic heterocycles. The van der Waals surface area contributed by atoms with Crippen LogP contribution in [0.4, 0.5) is 0 Å². The average molecular weight is 291 g/mol. The molecule has 2 saturated carbocycles. The maximum atomic E-state index is 9.70. The van der Waals surface area contributed by atoms with Crippen molar-refractivity contribution in [2.24, 2.45) is 5.92 Å². The Hall–Kier alpha value is -0.590. The minimum Gasteiger partial charge on any atom is -0.297 e.